The molecule has 4 aromatic carbocycles. The lowest BCUT2D eigenvalue weighted by Gasteiger charge is -2.26. The number of fused-ring (bicyclic) bond motifs is 3. The van der Waals surface area contributed by atoms with Crippen LogP contribution in [0.4, 0.5) is 5.69 Å². The van der Waals surface area contributed by atoms with Crippen molar-refractivity contribution in [2.24, 2.45) is 4.99 Å². The summed E-state index contributed by atoms with van der Waals surface area (Å²) in [5, 5.41) is 0. The Morgan fingerprint density at radius 2 is 1.64 bits per heavy atom. The van der Waals surface area contributed by atoms with Crippen LogP contribution in [0.3, 0.4) is 0 Å². The number of benzene rings is 4. The third-order valence-corrected chi connectivity index (χ3v) is 9.45. The van der Waals surface area contributed by atoms with E-state index in [0.717, 1.165) is 22.6 Å². The Balaban J connectivity index is 1.40. The van der Waals surface area contributed by atoms with E-state index >= 15 is 0 Å². The molecule has 232 valence electrons. The molecule has 0 unspecified atom stereocenters. The predicted octanol–water partition coefficient (Wildman–Crippen LogP) is 4.58. The van der Waals surface area contributed by atoms with Gasteiger partial charge < -0.3 is 19.1 Å². The summed E-state index contributed by atoms with van der Waals surface area (Å²) in [6.07, 6.45) is 0. The van der Waals surface area contributed by atoms with E-state index in [0.29, 0.717) is 50.8 Å². The van der Waals surface area contributed by atoms with E-state index in [1.165, 1.54) is 4.57 Å². The van der Waals surface area contributed by atoms with E-state index in [9.17, 15) is 14.4 Å². The maximum Gasteiger partial charge on any atom is 0.338 e. The topological polar surface area (TPSA) is 99.4 Å². The van der Waals surface area contributed by atoms with Crippen LogP contribution in [0.25, 0.3) is 11.3 Å². The van der Waals surface area contributed by atoms with E-state index in [4.69, 9.17) is 19.2 Å². The van der Waals surface area contributed by atoms with Crippen LogP contribution < -0.4 is 29.3 Å². The molecule has 1 aromatic heterocycles. The molecule has 0 aliphatic carbocycles. The van der Waals surface area contributed by atoms with E-state index in [1.807, 2.05) is 91.0 Å². The molecule has 1 amide bonds. The Morgan fingerprint density at radius 3 is 2.43 bits per heavy atom. The lowest BCUT2D eigenvalue weighted by molar-refractivity contribution is -0.138. The summed E-state index contributed by atoms with van der Waals surface area (Å²) in [4.78, 5) is 49.8. The molecule has 3 aliphatic heterocycles. The number of carbonyl (C=O) groups is 2. The van der Waals surface area contributed by atoms with Crippen LogP contribution in [0.2, 0.25) is 0 Å². The first-order valence-electron chi connectivity index (χ1n) is 15.2. The molecule has 10 heteroatoms. The van der Waals surface area contributed by atoms with Gasteiger partial charge >= 0.3 is 5.97 Å². The first-order valence-corrected chi connectivity index (χ1v) is 16.0. The third kappa shape index (κ3) is 4.76. The minimum atomic E-state index is -0.920. The maximum absolute atomic E-state index is 14.7. The number of carbonyl (C=O) groups excluding carboxylic acids is 2. The van der Waals surface area contributed by atoms with Gasteiger partial charge in [0.1, 0.15) is 4.53 Å². The second-order valence-electron chi connectivity index (χ2n) is 11.1. The normalized spacial score (nSPS) is 17.3. The summed E-state index contributed by atoms with van der Waals surface area (Å²) in [5.41, 5.74) is 4.17. The highest BCUT2D eigenvalue weighted by Gasteiger charge is 2.38. The quantitative estimate of drug-likeness (QED) is 0.252. The van der Waals surface area contributed by atoms with Gasteiger partial charge in [-0.25, -0.2) is 9.79 Å². The van der Waals surface area contributed by atoms with Gasteiger partial charge in [-0.2, -0.15) is 0 Å². The fraction of sp³-hybridized carbons (Fsp3) is 0.135. The number of nitrogens with zero attached hydrogens (tertiary/aromatic N) is 3. The number of amides is 1. The highest BCUT2D eigenvalue weighted by Crippen LogP contribution is 2.41. The Hall–Kier alpha value is -5.74. The van der Waals surface area contributed by atoms with Gasteiger partial charge in [0.15, 0.2) is 16.3 Å². The van der Waals surface area contributed by atoms with Gasteiger partial charge in [-0.05, 0) is 36.2 Å². The highest BCUT2D eigenvalue weighted by atomic mass is 32.1. The van der Waals surface area contributed by atoms with Crippen molar-refractivity contribution in [3.63, 3.8) is 0 Å². The standard InChI is InChI=1S/C37H27N3O6S/c1-2-44-36(43)30-31(23-13-7-4-8-14-23)38-37-40(32(30)24-17-18-27-28(19-24)46-21-45-27)35(42)33(47-37)29-25-15-9-10-16-26(25)39(34(29)41)20-22-11-5-3-6-12-22/h3-19,32H,2,20-21H2,1H3/b33-29-/t32-/m0/s1. The third-order valence-electron chi connectivity index (χ3n) is 8.40. The van der Waals surface area contributed by atoms with Crippen LogP contribution in [0.5, 0.6) is 11.5 Å². The number of rotatable bonds is 6. The predicted molar refractivity (Wildman–Crippen MR) is 177 cm³/mol. The maximum atomic E-state index is 14.7. The van der Waals surface area contributed by atoms with E-state index in [2.05, 4.69) is 0 Å². The molecule has 0 spiro atoms. The SMILES string of the molecule is CCOC(=O)C1=C(c2ccccc2)N=c2s/c(=C3\C(=O)N(Cc4ccccc4)c4ccccc43)c(=O)n2[C@H]1c1ccc2c(c1)OCO2. The van der Waals surface area contributed by atoms with Gasteiger partial charge in [-0.3, -0.25) is 14.2 Å². The first kappa shape index (κ1) is 28.7. The van der Waals surface area contributed by atoms with Crippen LogP contribution in [0, 0.1) is 0 Å². The van der Waals surface area contributed by atoms with Crippen LogP contribution >= 0.6 is 11.3 Å². The minimum absolute atomic E-state index is 0.0712. The zero-order valence-electron chi connectivity index (χ0n) is 25.2. The van der Waals surface area contributed by atoms with Crippen molar-refractivity contribution in [1.82, 2.24) is 4.57 Å². The first-order chi connectivity index (χ1) is 23.0. The Labute approximate surface area is 272 Å². The summed E-state index contributed by atoms with van der Waals surface area (Å²) < 4.78 is 18.6. The van der Waals surface area contributed by atoms with E-state index in [-0.39, 0.29) is 29.4 Å². The average Bonchev–Trinajstić information content (AvgIpc) is 3.78. The smallest absolute Gasteiger partial charge is 0.338 e. The Morgan fingerprint density at radius 1 is 0.915 bits per heavy atom. The molecular weight excluding hydrogens is 614 g/mol. The van der Waals surface area contributed by atoms with Gasteiger partial charge in [0.2, 0.25) is 6.79 Å². The summed E-state index contributed by atoms with van der Waals surface area (Å²) in [6, 6.07) is 31.0. The van der Waals surface area contributed by atoms with Gasteiger partial charge in [0, 0.05) is 11.1 Å². The molecule has 0 fully saturated rings. The number of ether oxygens (including phenoxy) is 3. The number of esters is 1. The van der Waals surface area contributed by atoms with Crippen LogP contribution in [0.15, 0.2) is 118 Å². The average molecular weight is 642 g/mol. The molecule has 8 rings (SSSR count). The van der Waals surface area contributed by atoms with Crippen molar-refractivity contribution in [3.8, 4) is 11.5 Å². The Kier molecular flexibility index (Phi) is 7.06. The van der Waals surface area contributed by atoms with Gasteiger partial charge in [-0.1, -0.05) is 96.3 Å². The molecule has 9 nitrogen and oxygen atoms in total. The zero-order chi connectivity index (χ0) is 32.1. The molecule has 0 saturated heterocycles. The van der Waals surface area contributed by atoms with Crippen LogP contribution in [0.1, 0.15) is 35.2 Å². The van der Waals surface area contributed by atoms with Crippen LogP contribution in [-0.2, 0) is 20.9 Å². The number of aromatic nitrogens is 1. The number of thiazole rings is 1. The molecule has 0 N–H and O–H groups in total. The van der Waals surface area contributed by atoms with Gasteiger partial charge in [0.25, 0.3) is 11.5 Å². The van der Waals surface area contributed by atoms with Gasteiger partial charge in [0.05, 0.1) is 41.7 Å². The highest BCUT2D eigenvalue weighted by molar-refractivity contribution is 7.07. The lowest BCUT2D eigenvalue weighted by Crippen LogP contribution is -2.41. The fourth-order valence-corrected chi connectivity index (χ4v) is 7.40. The van der Waals surface area contributed by atoms with Crippen molar-refractivity contribution in [2.75, 3.05) is 18.3 Å². The van der Waals surface area contributed by atoms with Crippen molar-refractivity contribution in [1.29, 1.82) is 0 Å². The number of hydrogen-bond acceptors (Lipinski definition) is 8. The van der Waals surface area contributed by atoms with E-state index in [1.54, 1.807) is 24.0 Å². The van der Waals surface area contributed by atoms with Crippen molar-refractivity contribution < 1.29 is 23.8 Å². The zero-order valence-corrected chi connectivity index (χ0v) is 26.0. The number of anilines is 1. The second kappa shape index (κ2) is 11.6. The number of hydrogen-bond donors (Lipinski definition) is 0. The summed E-state index contributed by atoms with van der Waals surface area (Å²) in [5.74, 6) is 0.213. The Bertz CT molecular complexity index is 2290. The second-order valence-corrected chi connectivity index (χ2v) is 12.1. The lowest BCUT2D eigenvalue weighted by atomic mass is 9.93. The molecular formula is C37H27N3O6S. The fourth-order valence-electron chi connectivity index (χ4n) is 6.31. The van der Waals surface area contributed by atoms with Crippen LogP contribution in [-0.4, -0.2) is 29.8 Å². The minimum Gasteiger partial charge on any atom is -0.463 e. The van der Waals surface area contributed by atoms with Crippen molar-refractivity contribution in [3.05, 3.63) is 151 Å². The molecule has 0 bridgehead atoms. The summed E-state index contributed by atoms with van der Waals surface area (Å²) >= 11 is 1.14. The molecule has 1 atom stereocenters. The molecule has 4 heterocycles. The summed E-state index contributed by atoms with van der Waals surface area (Å²) in [6.45, 7) is 2.29. The molecule has 47 heavy (non-hydrogen) atoms. The molecule has 5 aromatic rings. The molecule has 3 aliphatic rings. The number of para-hydroxylation sites is 1. The van der Waals surface area contributed by atoms with E-state index < -0.39 is 17.6 Å². The largest absolute Gasteiger partial charge is 0.463 e. The molecule has 0 saturated carbocycles. The summed E-state index contributed by atoms with van der Waals surface area (Å²) in [7, 11) is 0. The molecule has 0 radical (unpaired) electrons. The van der Waals surface area contributed by atoms with Crippen molar-refractivity contribution in [2.45, 2.75) is 19.5 Å². The van der Waals surface area contributed by atoms with Gasteiger partial charge in [-0.15, -0.1) is 0 Å². The van der Waals surface area contributed by atoms with Crippen molar-refractivity contribution >= 4 is 40.2 Å². The monoisotopic (exact) mass is 641 g/mol.